The van der Waals surface area contributed by atoms with E-state index >= 15 is 0 Å². The number of pyridine rings is 1. The monoisotopic (exact) mass is 288 g/mol. The van der Waals surface area contributed by atoms with Gasteiger partial charge >= 0.3 is 5.97 Å². The van der Waals surface area contributed by atoms with Crippen LogP contribution >= 0.6 is 0 Å². The maximum atomic E-state index is 11.8. The molecule has 2 aromatic rings. The first-order valence-corrected chi connectivity index (χ1v) is 6.33. The molecule has 7 heteroatoms. The van der Waals surface area contributed by atoms with E-state index in [1.165, 1.54) is 6.08 Å². The van der Waals surface area contributed by atoms with Gasteiger partial charge in [-0.05, 0) is 13.0 Å². The Morgan fingerprint density at radius 2 is 2.29 bits per heavy atom. The summed E-state index contributed by atoms with van der Waals surface area (Å²) in [6, 6.07) is 5.45. The molecule has 110 valence electrons. The van der Waals surface area contributed by atoms with E-state index in [-0.39, 0.29) is 12.3 Å². The van der Waals surface area contributed by atoms with Crippen LogP contribution in [0.2, 0.25) is 0 Å². The fraction of sp³-hybridized carbons (Fsp3) is 0.286. The molecule has 2 aromatic heterocycles. The predicted octanol–water partition coefficient (Wildman–Crippen LogP) is 1.38. The Hall–Kier alpha value is -2.70. The zero-order valence-electron chi connectivity index (χ0n) is 11.9. The van der Waals surface area contributed by atoms with Gasteiger partial charge in [0, 0.05) is 6.07 Å². The van der Waals surface area contributed by atoms with E-state index in [4.69, 9.17) is 9.47 Å². The number of hydrogen-bond acceptors (Lipinski definition) is 6. The van der Waals surface area contributed by atoms with Crippen molar-refractivity contribution >= 4 is 5.97 Å². The smallest absolute Gasteiger partial charge is 0.361 e. The van der Waals surface area contributed by atoms with E-state index in [2.05, 4.69) is 21.9 Å². The summed E-state index contributed by atoms with van der Waals surface area (Å²) >= 11 is 0. The van der Waals surface area contributed by atoms with Crippen LogP contribution in [0.4, 0.5) is 0 Å². The largest absolute Gasteiger partial charge is 0.481 e. The lowest BCUT2D eigenvalue weighted by molar-refractivity contribution is 0.0542. The number of rotatable bonds is 6. The molecular weight excluding hydrogens is 272 g/mol. The van der Waals surface area contributed by atoms with E-state index in [0.29, 0.717) is 18.1 Å². The van der Waals surface area contributed by atoms with E-state index in [0.717, 1.165) is 5.69 Å². The lowest BCUT2D eigenvalue weighted by Crippen LogP contribution is -2.09. The molecule has 0 unspecified atom stereocenters. The second kappa shape index (κ2) is 6.65. The minimum Gasteiger partial charge on any atom is -0.481 e. The quantitative estimate of drug-likeness (QED) is 0.590. The molecule has 0 aliphatic rings. The van der Waals surface area contributed by atoms with Gasteiger partial charge in [0.15, 0.2) is 5.69 Å². The van der Waals surface area contributed by atoms with Gasteiger partial charge < -0.3 is 9.47 Å². The highest BCUT2D eigenvalue weighted by molar-refractivity contribution is 5.88. The highest BCUT2D eigenvalue weighted by atomic mass is 16.5. The molecule has 2 rings (SSSR count). The van der Waals surface area contributed by atoms with Crippen LogP contribution in [0.25, 0.3) is 0 Å². The molecular formula is C14H16N4O3. The minimum absolute atomic E-state index is 0.141. The Morgan fingerprint density at radius 3 is 3.00 bits per heavy atom. The maximum absolute atomic E-state index is 11.8. The number of nitrogens with zero attached hydrogens (tertiary/aromatic N) is 4. The molecule has 21 heavy (non-hydrogen) atoms. The van der Waals surface area contributed by atoms with Gasteiger partial charge in [-0.1, -0.05) is 23.9 Å². The zero-order chi connectivity index (χ0) is 15.2. The van der Waals surface area contributed by atoms with Gasteiger partial charge in [-0.3, -0.25) is 0 Å². The Labute approximate surface area is 122 Å². The van der Waals surface area contributed by atoms with Crippen LogP contribution in [0.5, 0.6) is 5.88 Å². The molecule has 0 aromatic carbocycles. The summed E-state index contributed by atoms with van der Waals surface area (Å²) in [5.74, 6) is 0.00753. The molecule has 0 atom stereocenters. The Bertz CT molecular complexity index is 651. The summed E-state index contributed by atoms with van der Waals surface area (Å²) in [6.45, 7) is 5.78. The molecule has 0 saturated heterocycles. The standard InChI is InChI=1S/C14H16N4O3/c1-4-8-21-14(19)13-10(2)18(17-16-13)9-11-6-5-7-12(15-11)20-3/h4-7H,1,8-9H2,2-3H3. The molecule has 2 heterocycles. The van der Waals surface area contributed by atoms with Crippen molar-refractivity contribution in [1.29, 1.82) is 0 Å². The average Bonchev–Trinajstić information content (AvgIpc) is 2.86. The Kier molecular flexibility index (Phi) is 4.65. The third-order valence-corrected chi connectivity index (χ3v) is 2.81. The minimum atomic E-state index is -0.516. The third kappa shape index (κ3) is 3.44. The van der Waals surface area contributed by atoms with E-state index in [1.807, 2.05) is 12.1 Å². The predicted molar refractivity (Wildman–Crippen MR) is 75.1 cm³/mol. The topological polar surface area (TPSA) is 79.1 Å². The zero-order valence-corrected chi connectivity index (χ0v) is 11.9. The van der Waals surface area contributed by atoms with Crippen molar-refractivity contribution in [3.8, 4) is 5.88 Å². The Morgan fingerprint density at radius 1 is 1.48 bits per heavy atom. The van der Waals surface area contributed by atoms with Crippen molar-refractivity contribution in [3.05, 3.63) is 47.9 Å². The van der Waals surface area contributed by atoms with Crippen LogP contribution in [0.1, 0.15) is 21.9 Å². The molecule has 0 spiro atoms. The van der Waals surface area contributed by atoms with Gasteiger partial charge in [0.05, 0.1) is 25.0 Å². The molecule has 0 amide bonds. The summed E-state index contributed by atoms with van der Waals surface area (Å²) < 4.78 is 11.6. The van der Waals surface area contributed by atoms with Gasteiger partial charge in [0.25, 0.3) is 0 Å². The van der Waals surface area contributed by atoms with E-state index in [9.17, 15) is 4.79 Å². The van der Waals surface area contributed by atoms with Crippen LogP contribution in [-0.2, 0) is 11.3 Å². The Balaban J connectivity index is 2.16. The maximum Gasteiger partial charge on any atom is 0.361 e. The number of carbonyl (C=O) groups is 1. The second-order valence-corrected chi connectivity index (χ2v) is 4.24. The average molecular weight is 288 g/mol. The van der Waals surface area contributed by atoms with Crippen LogP contribution < -0.4 is 4.74 Å². The number of carbonyl (C=O) groups excluding carboxylic acids is 1. The highest BCUT2D eigenvalue weighted by Gasteiger charge is 2.17. The first-order valence-electron chi connectivity index (χ1n) is 6.33. The number of methoxy groups -OCH3 is 1. The fourth-order valence-electron chi connectivity index (χ4n) is 1.71. The summed E-state index contributed by atoms with van der Waals surface area (Å²) in [6.07, 6.45) is 1.50. The third-order valence-electron chi connectivity index (χ3n) is 2.81. The van der Waals surface area contributed by atoms with Crippen LogP contribution in [0.15, 0.2) is 30.9 Å². The van der Waals surface area contributed by atoms with Gasteiger partial charge in [0.2, 0.25) is 5.88 Å². The summed E-state index contributed by atoms with van der Waals surface area (Å²) in [5, 5.41) is 7.81. The van der Waals surface area contributed by atoms with Crippen molar-refractivity contribution < 1.29 is 14.3 Å². The number of aromatic nitrogens is 4. The SMILES string of the molecule is C=CCOC(=O)c1nnn(Cc2cccc(OC)n2)c1C. The van der Waals surface area contributed by atoms with Gasteiger partial charge in [0.1, 0.15) is 6.61 Å². The molecule has 0 aliphatic carbocycles. The lowest BCUT2D eigenvalue weighted by Gasteiger charge is -2.05. The summed E-state index contributed by atoms with van der Waals surface area (Å²) in [5.41, 5.74) is 1.57. The molecule has 0 radical (unpaired) electrons. The molecule has 7 nitrogen and oxygen atoms in total. The highest BCUT2D eigenvalue weighted by Crippen LogP contribution is 2.11. The van der Waals surface area contributed by atoms with Crippen molar-refractivity contribution in [2.75, 3.05) is 13.7 Å². The lowest BCUT2D eigenvalue weighted by atomic mass is 10.3. The normalized spacial score (nSPS) is 10.2. The van der Waals surface area contributed by atoms with Gasteiger partial charge in [-0.25, -0.2) is 14.5 Å². The first kappa shape index (κ1) is 14.7. The van der Waals surface area contributed by atoms with Crippen LogP contribution in [0.3, 0.4) is 0 Å². The molecule has 0 fully saturated rings. The number of esters is 1. The first-order chi connectivity index (χ1) is 10.2. The summed E-state index contributed by atoms with van der Waals surface area (Å²) in [7, 11) is 1.56. The van der Waals surface area contributed by atoms with Crippen molar-refractivity contribution in [3.63, 3.8) is 0 Å². The van der Waals surface area contributed by atoms with Crippen molar-refractivity contribution in [2.45, 2.75) is 13.5 Å². The van der Waals surface area contributed by atoms with Gasteiger partial charge in [-0.15, -0.1) is 5.10 Å². The van der Waals surface area contributed by atoms with E-state index < -0.39 is 5.97 Å². The molecule has 0 saturated carbocycles. The fourth-order valence-corrected chi connectivity index (χ4v) is 1.71. The molecule has 0 N–H and O–H groups in total. The molecule has 0 aliphatic heterocycles. The van der Waals surface area contributed by atoms with Crippen molar-refractivity contribution in [1.82, 2.24) is 20.0 Å². The molecule has 0 bridgehead atoms. The van der Waals surface area contributed by atoms with Crippen LogP contribution in [-0.4, -0.2) is 39.7 Å². The summed E-state index contributed by atoms with van der Waals surface area (Å²) in [4.78, 5) is 16.1. The number of hydrogen-bond donors (Lipinski definition) is 0. The second-order valence-electron chi connectivity index (χ2n) is 4.24. The van der Waals surface area contributed by atoms with Crippen LogP contribution in [0, 0.1) is 6.92 Å². The van der Waals surface area contributed by atoms with Crippen molar-refractivity contribution in [2.24, 2.45) is 0 Å². The van der Waals surface area contributed by atoms with E-state index in [1.54, 1.807) is 24.8 Å². The number of ether oxygens (including phenoxy) is 2. The van der Waals surface area contributed by atoms with Gasteiger partial charge in [-0.2, -0.15) is 0 Å².